The summed E-state index contributed by atoms with van der Waals surface area (Å²) in [5.74, 6) is -0.364. The molecule has 2 aromatic carbocycles. The smallest absolute Gasteiger partial charge is 0.246 e. The highest BCUT2D eigenvalue weighted by atomic mass is 32.2. The highest BCUT2D eigenvalue weighted by molar-refractivity contribution is 7.92. The number of nitrogens with one attached hydrogen (secondary N) is 1. The van der Waals surface area contributed by atoms with Crippen molar-refractivity contribution in [2.45, 2.75) is 17.7 Å². The van der Waals surface area contributed by atoms with E-state index in [1.165, 1.54) is 16.4 Å². The van der Waals surface area contributed by atoms with Crippen molar-refractivity contribution in [3.05, 3.63) is 30.3 Å². The first-order valence-corrected chi connectivity index (χ1v) is 10.8. The van der Waals surface area contributed by atoms with Gasteiger partial charge in [-0.25, -0.2) is 16.8 Å². The fourth-order valence-corrected chi connectivity index (χ4v) is 5.08. The number of hydrogen-bond acceptors (Lipinski definition) is 5. The van der Waals surface area contributed by atoms with Crippen molar-refractivity contribution < 1.29 is 21.9 Å². The van der Waals surface area contributed by atoms with Gasteiger partial charge in [-0.3, -0.25) is 4.72 Å². The van der Waals surface area contributed by atoms with Crippen molar-refractivity contribution in [3.8, 4) is 5.75 Å². The molecule has 0 spiro atoms. The summed E-state index contributed by atoms with van der Waals surface area (Å²) in [6.45, 7) is 0.880. The largest absolute Gasteiger partial charge is 0.506 e. The van der Waals surface area contributed by atoms with Gasteiger partial charge in [-0.15, -0.1) is 0 Å². The highest BCUT2D eigenvalue weighted by Gasteiger charge is 2.30. The Morgan fingerprint density at radius 3 is 2.29 bits per heavy atom. The third-order valence-electron chi connectivity index (χ3n) is 3.97. The molecule has 2 N–H and O–H groups in total. The van der Waals surface area contributed by atoms with Crippen molar-refractivity contribution >= 4 is 36.5 Å². The first kappa shape index (κ1) is 17.0. The molecule has 1 saturated heterocycles. The topological polar surface area (TPSA) is 104 Å². The number of sulfonamides is 2. The lowest BCUT2D eigenvalue weighted by Gasteiger charge is -2.18. The molecule has 9 heteroatoms. The van der Waals surface area contributed by atoms with Crippen LogP contribution in [0.4, 0.5) is 5.69 Å². The lowest BCUT2D eigenvalue weighted by atomic mass is 10.1. The molecule has 0 atom stereocenters. The first-order chi connectivity index (χ1) is 11.2. The number of fused-ring (bicyclic) bond motifs is 1. The molecular weight excluding hydrogens is 352 g/mol. The molecule has 0 saturated carbocycles. The number of nitrogens with zero attached hydrogens (tertiary/aromatic N) is 1. The van der Waals surface area contributed by atoms with Gasteiger partial charge in [0, 0.05) is 23.9 Å². The molecule has 1 aliphatic heterocycles. The van der Waals surface area contributed by atoms with E-state index in [1.54, 1.807) is 18.2 Å². The lowest BCUT2D eigenvalue weighted by Crippen LogP contribution is -2.27. The second kappa shape index (κ2) is 5.91. The molecule has 3 rings (SSSR count). The van der Waals surface area contributed by atoms with Crippen molar-refractivity contribution in [1.29, 1.82) is 0 Å². The van der Waals surface area contributed by atoms with E-state index in [0.29, 0.717) is 18.5 Å². The predicted octanol–water partition coefficient (Wildman–Crippen LogP) is 1.70. The van der Waals surface area contributed by atoms with E-state index in [0.717, 1.165) is 19.1 Å². The highest BCUT2D eigenvalue weighted by Crippen LogP contribution is 2.37. The fourth-order valence-electron chi connectivity index (χ4n) is 2.89. The fraction of sp³-hybridized carbons (Fsp3) is 0.333. The average molecular weight is 370 g/mol. The Bertz CT molecular complexity index is 994. The van der Waals surface area contributed by atoms with E-state index in [-0.39, 0.29) is 21.7 Å². The minimum absolute atomic E-state index is 0.159. The second-order valence-electron chi connectivity index (χ2n) is 5.80. The number of benzene rings is 2. The van der Waals surface area contributed by atoms with Gasteiger partial charge in [0.25, 0.3) is 0 Å². The molecular formula is C15H18N2O5S2. The van der Waals surface area contributed by atoms with Crippen LogP contribution in [0.5, 0.6) is 5.75 Å². The summed E-state index contributed by atoms with van der Waals surface area (Å²) in [7, 11) is -7.26. The Morgan fingerprint density at radius 2 is 1.67 bits per heavy atom. The van der Waals surface area contributed by atoms with Crippen LogP contribution in [-0.4, -0.2) is 45.6 Å². The summed E-state index contributed by atoms with van der Waals surface area (Å²) in [6, 6.07) is 7.49. The zero-order valence-electron chi connectivity index (χ0n) is 13.1. The maximum Gasteiger partial charge on any atom is 0.246 e. The van der Waals surface area contributed by atoms with Gasteiger partial charge in [0.05, 0.1) is 11.9 Å². The second-order valence-corrected chi connectivity index (χ2v) is 9.45. The normalized spacial score (nSPS) is 16.5. The van der Waals surface area contributed by atoms with Gasteiger partial charge >= 0.3 is 0 Å². The van der Waals surface area contributed by atoms with Crippen LogP contribution < -0.4 is 4.72 Å². The van der Waals surface area contributed by atoms with Crippen molar-refractivity contribution in [2.24, 2.45) is 0 Å². The molecule has 7 nitrogen and oxygen atoms in total. The van der Waals surface area contributed by atoms with Crippen LogP contribution in [0.2, 0.25) is 0 Å². The Balaban J connectivity index is 2.16. The zero-order valence-corrected chi connectivity index (χ0v) is 14.7. The number of anilines is 1. The van der Waals surface area contributed by atoms with Crippen LogP contribution in [-0.2, 0) is 20.0 Å². The summed E-state index contributed by atoms with van der Waals surface area (Å²) in [6.07, 6.45) is 2.63. The number of phenolic OH excluding ortho intramolecular Hbond substituents is 1. The van der Waals surface area contributed by atoms with Crippen LogP contribution in [0.1, 0.15) is 12.8 Å². The summed E-state index contributed by atoms with van der Waals surface area (Å²) in [4.78, 5) is -0.159. The molecule has 130 valence electrons. The number of aromatic hydroxyl groups is 1. The third kappa shape index (κ3) is 3.06. The molecule has 1 fully saturated rings. The summed E-state index contributed by atoms with van der Waals surface area (Å²) in [5.41, 5.74) is 0.287. The molecule has 1 aliphatic rings. The summed E-state index contributed by atoms with van der Waals surface area (Å²) < 4.78 is 52.0. The first-order valence-electron chi connectivity index (χ1n) is 7.43. The number of phenols is 1. The Kier molecular flexibility index (Phi) is 4.18. The van der Waals surface area contributed by atoms with Crippen LogP contribution >= 0.6 is 0 Å². The maximum atomic E-state index is 12.7. The van der Waals surface area contributed by atoms with Gasteiger partial charge in [0.2, 0.25) is 20.0 Å². The van der Waals surface area contributed by atoms with Gasteiger partial charge in [0.1, 0.15) is 10.6 Å². The molecule has 0 bridgehead atoms. The molecule has 0 aromatic heterocycles. The number of rotatable bonds is 4. The molecule has 0 aliphatic carbocycles. The van der Waals surface area contributed by atoms with Gasteiger partial charge < -0.3 is 5.11 Å². The summed E-state index contributed by atoms with van der Waals surface area (Å²) >= 11 is 0. The monoisotopic (exact) mass is 370 g/mol. The number of hydrogen-bond donors (Lipinski definition) is 2. The van der Waals surface area contributed by atoms with Gasteiger partial charge in [0.15, 0.2) is 0 Å². The van der Waals surface area contributed by atoms with E-state index in [2.05, 4.69) is 4.72 Å². The minimum Gasteiger partial charge on any atom is -0.506 e. The van der Waals surface area contributed by atoms with E-state index in [9.17, 15) is 21.9 Å². The standard InChI is InChI=1S/C15H18N2O5S2/c1-23(19,20)16-13-6-4-5-12-11(13)7-8-14(15(12)18)24(21,22)17-9-2-3-10-17/h4-8,16,18H,2-3,9-10H2,1H3. The van der Waals surface area contributed by atoms with Gasteiger partial charge in [-0.2, -0.15) is 4.31 Å². The van der Waals surface area contributed by atoms with E-state index < -0.39 is 20.0 Å². The zero-order chi connectivity index (χ0) is 17.5. The quantitative estimate of drug-likeness (QED) is 0.852. The van der Waals surface area contributed by atoms with Crippen LogP contribution in [0.25, 0.3) is 10.8 Å². The Morgan fingerprint density at radius 1 is 1.00 bits per heavy atom. The third-order valence-corrected chi connectivity index (χ3v) is 6.50. The molecule has 0 unspecified atom stereocenters. The Labute approximate surface area is 141 Å². The van der Waals surface area contributed by atoms with E-state index >= 15 is 0 Å². The van der Waals surface area contributed by atoms with Gasteiger partial charge in [-0.05, 0) is 25.0 Å². The van der Waals surface area contributed by atoms with Crippen LogP contribution in [0.3, 0.4) is 0 Å². The van der Waals surface area contributed by atoms with Crippen molar-refractivity contribution in [2.75, 3.05) is 24.1 Å². The van der Waals surface area contributed by atoms with E-state index in [4.69, 9.17) is 0 Å². The van der Waals surface area contributed by atoms with Crippen LogP contribution in [0, 0.1) is 0 Å². The average Bonchev–Trinajstić information content (AvgIpc) is 3.01. The van der Waals surface area contributed by atoms with E-state index in [1.807, 2.05) is 0 Å². The molecule has 1 heterocycles. The van der Waals surface area contributed by atoms with Crippen molar-refractivity contribution in [3.63, 3.8) is 0 Å². The minimum atomic E-state index is -3.76. The Hall–Kier alpha value is -1.84. The molecule has 0 amide bonds. The predicted molar refractivity (Wildman–Crippen MR) is 92.1 cm³/mol. The maximum absolute atomic E-state index is 12.7. The molecule has 24 heavy (non-hydrogen) atoms. The molecule has 0 radical (unpaired) electrons. The summed E-state index contributed by atoms with van der Waals surface area (Å²) in [5, 5.41) is 11.2. The lowest BCUT2D eigenvalue weighted by molar-refractivity contribution is 0.448. The van der Waals surface area contributed by atoms with Gasteiger partial charge in [-0.1, -0.05) is 18.2 Å². The molecule has 2 aromatic rings. The van der Waals surface area contributed by atoms with Crippen molar-refractivity contribution in [1.82, 2.24) is 4.31 Å². The SMILES string of the molecule is CS(=O)(=O)Nc1cccc2c(O)c(S(=O)(=O)N3CCCC3)ccc12. The van der Waals surface area contributed by atoms with Crippen LogP contribution in [0.15, 0.2) is 35.2 Å².